The lowest BCUT2D eigenvalue weighted by molar-refractivity contribution is 0.620. The predicted octanol–water partition coefficient (Wildman–Crippen LogP) is 14.7. The van der Waals surface area contributed by atoms with Crippen LogP contribution in [0.25, 0.3) is 123 Å². The lowest BCUT2D eigenvalue weighted by Crippen LogP contribution is -2.00. The molecule has 0 spiro atoms. The Morgan fingerprint density at radius 3 is 1.52 bits per heavy atom. The van der Waals surface area contributed by atoms with E-state index in [1.807, 2.05) is 109 Å². The number of rotatable bonds is 7. The molecule has 0 aliphatic heterocycles. The highest BCUT2D eigenvalue weighted by Gasteiger charge is 2.21. The molecule has 290 valence electrons. The number of fused-ring (bicyclic) bond motifs is 5. The van der Waals surface area contributed by atoms with E-state index < -0.39 is 0 Å². The molecule has 0 unspecified atom stereocenters. The number of para-hydroxylation sites is 1. The average Bonchev–Trinajstić information content (AvgIpc) is 3.97. The zero-order chi connectivity index (χ0) is 41.0. The fraction of sp³-hybridized carbons (Fsp3) is 0. The van der Waals surface area contributed by atoms with Gasteiger partial charge in [0.05, 0.1) is 0 Å². The summed E-state index contributed by atoms with van der Waals surface area (Å²) in [6, 6.07) is 70.6. The van der Waals surface area contributed by atoms with Crippen LogP contribution in [0, 0.1) is 0 Å². The van der Waals surface area contributed by atoms with Crippen molar-refractivity contribution in [2.24, 2.45) is 0 Å². The van der Waals surface area contributed by atoms with Crippen LogP contribution < -0.4 is 0 Å². The lowest BCUT2D eigenvalue weighted by Gasteiger charge is -2.14. The Morgan fingerprint density at radius 1 is 0.290 bits per heavy atom. The van der Waals surface area contributed by atoms with Crippen LogP contribution in [0.5, 0.6) is 0 Å². The third kappa shape index (κ3) is 6.13. The van der Waals surface area contributed by atoms with Crippen LogP contribution in [0.1, 0.15) is 0 Å². The van der Waals surface area contributed by atoms with Crippen molar-refractivity contribution in [3.05, 3.63) is 206 Å². The molecule has 0 amide bonds. The van der Waals surface area contributed by atoms with Crippen molar-refractivity contribution in [2.45, 2.75) is 0 Å². The standard InChI is InChI=1S/C56H34N4O2/c1-4-15-35(16-5-1)53-58-54(36-17-6-2-7-18-36)60-55(59-53)40-22-14-21-38(33-40)41-28-30-45(44-24-11-10-23-43(41)44)46-31-29-42(51-47-25-12-13-26-49(47)61-52(46)51)39-27-32-50-48(34-39)57-56(62-50)37-19-8-3-9-20-37/h1-34H. The van der Waals surface area contributed by atoms with Crippen LogP contribution >= 0.6 is 0 Å². The minimum Gasteiger partial charge on any atom is -0.455 e. The van der Waals surface area contributed by atoms with Crippen molar-refractivity contribution in [1.29, 1.82) is 0 Å². The third-order valence-corrected chi connectivity index (χ3v) is 11.6. The Morgan fingerprint density at radius 2 is 0.806 bits per heavy atom. The topological polar surface area (TPSA) is 77.8 Å². The number of nitrogens with zero attached hydrogens (tertiary/aromatic N) is 4. The van der Waals surface area contributed by atoms with Gasteiger partial charge in [-0.05, 0) is 81.1 Å². The van der Waals surface area contributed by atoms with E-state index in [1.54, 1.807) is 0 Å². The van der Waals surface area contributed by atoms with Gasteiger partial charge in [0.1, 0.15) is 16.7 Å². The predicted molar refractivity (Wildman–Crippen MR) is 250 cm³/mol. The number of aromatic nitrogens is 4. The fourth-order valence-corrected chi connectivity index (χ4v) is 8.63. The molecule has 12 aromatic rings. The molecule has 0 N–H and O–H groups in total. The molecule has 0 radical (unpaired) electrons. The van der Waals surface area contributed by atoms with Crippen molar-refractivity contribution in [3.63, 3.8) is 0 Å². The van der Waals surface area contributed by atoms with Gasteiger partial charge < -0.3 is 8.83 Å². The van der Waals surface area contributed by atoms with Crippen LogP contribution in [-0.4, -0.2) is 19.9 Å². The molecule has 0 atom stereocenters. The Hall–Kier alpha value is -8.48. The summed E-state index contributed by atoms with van der Waals surface area (Å²) >= 11 is 0. The Balaban J connectivity index is 0.980. The first-order valence-electron chi connectivity index (χ1n) is 20.6. The molecular weight excluding hydrogens is 761 g/mol. The number of hydrogen-bond acceptors (Lipinski definition) is 6. The van der Waals surface area contributed by atoms with Crippen molar-refractivity contribution < 1.29 is 8.83 Å². The average molecular weight is 795 g/mol. The summed E-state index contributed by atoms with van der Waals surface area (Å²) in [6.07, 6.45) is 0. The van der Waals surface area contributed by atoms with E-state index in [0.717, 1.165) is 99.4 Å². The van der Waals surface area contributed by atoms with E-state index in [4.69, 9.17) is 28.8 Å². The molecule has 0 saturated carbocycles. The number of benzene rings is 9. The quantitative estimate of drug-likeness (QED) is 0.160. The molecule has 0 aliphatic carbocycles. The van der Waals surface area contributed by atoms with E-state index in [0.29, 0.717) is 23.4 Å². The molecule has 3 heterocycles. The van der Waals surface area contributed by atoms with Crippen molar-refractivity contribution in [3.8, 4) is 79.0 Å². The highest BCUT2D eigenvalue weighted by Crippen LogP contribution is 2.45. The first-order chi connectivity index (χ1) is 30.7. The van der Waals surface area contributed by atoms with Crippen molar-refractivity contribution in [1.82, 2.24) is 19.9 Å². The van der Waals surface area contributed by atoms with Gasteiger partial charge in [0.15, 0.2) is 23.1 Å². The molecular formula is C56H34N4O2. The fourth-order valence-electron chi connectivity index (χ4n) is 8.63. The van der Waals surface area contributed by atoms with Crippen LogP contribution in [0.3, 0.4) is 0 Å². The van der Waals surface area contributed by atoms with E-state index in [-0.39, 0.29) is 0 Å². The van der Waals surface area contributed by atoms with Gasteiger partial charge in [-0.15, -0.1) is 0 Å². The van der Waals surface area contributed by atoms with Gasteiger partial charge in [0.2, 0.25) is 5.89 Å². The third-order valence-electron chi connectivity index (χ3n) is 11.6. The molecule has 62 heavy (non-hydrogen) atoms. The summed E-state index contributed by atoms with van der Waals surface area (Å²) in [5, 5.41) is 4.38. The largest absolute Gasteiger partial charge is 0.455 e. The maximum Gasteiger partial charge on any atom is 0.227 e. The smallest absolute Gasteiger partial charge is 0.227 e. The van der Waals surface area contributed by atoms with Gasteiger partial charge in [0, 0.05) is 38.6 Å². The van der Waals surface area contributed by atoms with E-state index in [9.17, 15) is 0 Å². The van der Waals surface area contributed by atoms with Crippen molar-refractivity contribution >= 4 is 43.8 Å². The van der Waals surface area contributed by atoms with E-state index in [1.165, 1.54) is 0 Å². The summed E-state index contributed by atoms with van der Waals surface area (Å²) in [6.45, 7) is 0. The monoisotopic (exact) mass is 794 g/mol. The van der Waals surface area contributed by atoms with Gasteiger partial charge >= 0.3 is 0 Å². The number of oxazole rings is 1. The molecule has 6 nitrogen and oxygen atoms in total. The highest BCUT2D eigenvalue weighted by atomic mass is 16.3. The normalized spacial score (nSPS) is 11.5. The SMILES string of the molecule is c1ccc(-c2nc(-c3ccccc3)nc(-c3cccc(-c4ccc(-c5ccc(-c6ccc7oc(-c8ccccc8)nc7c6)c6c5oc5ccccc56)c5ccccc45)c3)n2)cc1. The summed E-state index contributed by atoms with van der Waals surface area (Å²) in [4.78, 5) is 19.8. The van der Waals surface area contributed by atoms with Gasteiger partial charge in [-0.1, -0.05) is 164 Å². The van der Waals surface area contributed by atoms with E-state index in [2.05, 4.69) is 97.1 Å². The Kier molecular flexibility index (Phi) is 8.38. The molecule has 0 saturated heterocycles. The first kappa shape index (κ1) is 35.5. The lowest BCUT2D eigenvalue weighted by atomic mass is 9.89. The molecule has 0 aliphatic rings. The highest BCUT2D eigenvalue weighted by molar-refractivity contribution is 6.18. The van der Waals surface area contributed by atoms with Crippen LogP contribution in [0.2, 0.25) is 0 Å². The number of hydrogen-bond donors (Lipinski definition) is 0. The van der Waals surface area contributed by atoms with Crippen LogP contribution in [-0.2, 0) is 0 Å². The van der Waals surface area contributed by atoms with Gasteiger partial charge in [0.25, 0.3) is 0 Å². The van der Waals surface area contributed by atoms with Crippen LogP contribution in [0.4, 0.5) is 0 Å². The Labute approximate surface area is 356 Å². The second kappa shape index (κ2) is 14.7. The molecule has 0 fully saturated rings. The molecule has 3 aromatic heterocycles. The summed E-state index contributed by atoms with van der Waals surface area (Å²) in [5.74, 6) is 2.49. The minimum atomic E-state index is 0.606. The first-order valence-corrected chi connectivity index (χ1v) is 20.6. The van der Waals surface area contributed by atoms with E-state index >= 15 is 0 Å². The van der Waals surface area contributed by atoms with Gasteiger partial charge in [-0.25, -0.2) is 19.9 Å². The second-order valence-electron chi connectivity index (χ2n) is 15.4. The summed E-state index contributed by atoms with van der Waals surface area (Å²) in [7, 11) is 0. The molecule has 9 aromatic carbocycles. The zero-order valence-electron chi connectivity index (χ0n) is 33.2. The summed E-state index contributed by atoms with van der Waals surface area (Å²) < 4.78 is 13.0. The maximum atomic E-state index is 6.81. The summed E-state index contributed by atoms with van der Waals surface area (Å²) in [5.41, 5.74) is 13.4. The molecule has 0 bridgehead atoms. The maximum absolute atomic E-state index is 6.81. The van der Waals surface area contributed by atoms with Gasteiger partial charge in [-0.3, -0.25) is 0 Å². The number of furan rings is 1. The Bertz CT molecular complexity index is 3580. The molecule has 12 rings (SSSR count). The minimum absolute atomic E-state index is 0.606. The van der Waals surface area contributed by atoms with Crippen LogP contribution in [0.15, 0.2) is 215 Å². The molecule has 6 heteroatoms. The van der Waals surface area contributed by atoms with Gasteiger partial charge in [-0.2, -0.15) is 0 Å². The van der Waals surface area contributed by atoms with Crippen molar-refractivity contribution in [2.75, 3.05) is 0 Å². The second-order valence-corrected chi connectivity index (χ2v) is 15.4. The zero-order valence-corrected chi connectivity index (χ0v) is 33.2.